The summed E-state index contributed by atoms with van der Waals surface area (Å²) >= 11 is 6.44. The van der Waals surface area contributed by atoms with Crippen LogP contribution >= 0.6 is 24.2 Å². The molecule has 6 heteroatoms. The second-order valence-corrected chi connectivity index (χ2v) is 3.23. The molecular weight excluding hydrogens is 180 g/mol. The Balaban J connectivity index is 2.96. The first-order valence-electron chi connectivity index (χ1n) is 3.28. The van der Waals surface area contributed by atoms with E-state index in [2.05, 4.69) is 14.9 Å². The van der Waals surface area contributed by atoms with Crippen LogP contribution in [0.2, 0.25) is 0 Å². The molecule has 0 aromatic carbocycles. The number of hydrogen-bond acceptors (Lipinski definition) is 4. The largest absolute Gasteiger partial charge is 0.294 e. The lowest BCUT2D eigenvalue weighted by Gasteiger charge is -1.99. The van der Waals surface area contributed by atoms with Gasteiger partial charge in [-0.25, -0.2) is 0 Å². The molecule has 0 atom stereocenters. The molecular formula is C5H10N4S2. The van der Waals surface area contributed by atoms with Gasteiger partial charge in [-0.15, -0.1) is 5.10 Å². The zero-order valence-electron chi connectivity index (χ0n) is 6.42. The van der Waals surface area contributed by atoms with Crippen LogP contribution in [-0.2, 0) is 6.54 Å². The van der Waals surface area contributed by atoms with E-state index in [1.54, 1.807) is 0 Å². The smallest absolute Gasteiger partial charge is 0.204 e. The van der Waals surface area contributed by atoms with Crippen LogP contribution in [-0.4, -0.2) is 21.8 Å². The van der Waals surface area contributed by atoms with Gasteiger partial charge in [0.1, 0.15) is 0 Å². The molecule has 4 nitrogen and oxygen atoms in total. The van der Waals surface area contributed by atoms with Gasteiger partial charge in [-0.3, -0.25) is 14.4 Å². The molecule has 1 aromatic rings. The lowest BCUT2D eigenvalue weighted by atomic mass is 10.7. The molecule has 0 unspecified atom stereocenters. The molecule has 0 radical (unpaired) electrons. The summed E-state index contributed by atoms with van der Waals surface area (Å²) in [6, 6.07) is 0. The van der Waals surface area contributed by atoms with Crippen LogP contribution in [0.15, 0.2) is 5.16 Å². The average Bonchev–Trinajstić information content (AvgIpc) is 2.33. The molecule has 1 aromatic heterocycles. The van der Waals surface area contributed by atoms with Crippen LogP contribution in [0.25, 0.3) is 0 Å². The summed E-state index contributed by atoms with van der Waals surface area (Å²) < 4.78 is 5.54. The normalized spacial score (nSPS) is 10.4. The lowest BCUT2D eigenvalue weighted by molar-refractivity contribution is 0.672. The molecule has 0 aliphatic heterocycles. The Hall–Kier alpha value is -0.330. The van der Waals surface area contributed by atoms with Gasteiger partial charge in [0.15, 0.2) is 4.77 Å². The zero-order chi connectivity index (χ0) is 8.27. The van der Waals surface area contributed by atoms with Gasteiger partial charge in [0.25, 0.3) is 0 Å². The highest BCUT2D eigenvalue weighted by Crippen LogP contribution is 2.09. The third-order valence-corrected chi connectivity index (χ3v) is 2.24. The predicted octanol–water partition coefficient (Wildman–Crippen LogP) is 1.19. The van der Waals surface area contributed by atoms with E-state index in [1.165, 1.54) is 11.9 Å². The first kappa shape index (κ1) is 8.76. The minimum atomic E-state index is 0.672. The van der Waals surface area contributed by atoms with E-state index in [1.807, 2.05) is 18.5 Å². The maximum absolute atomic E-state index is 4.99. The number of nitrogens with one attached hydrogen (secondary N) is 2. The molecule has 0 amide bonds. The standard InChI is InChI=1S/C5H10N4S2/c1-3-9-4(10)7-8-5(9)11-6-2/h6H,3H2,1-2H3,(H,7,10). The molecule has 1 heterocycles. The van der Waals surface area contributed by atoms with Gasteiger partial charge < -0.3 is 0 Å². The monoisotopic (exact) mass is 190 g/mol. The average molecular weight is 190 g/mol. The minimum Gasteiger partial charge on any atom is -0.294 e. The van der Waals surface area contributed by atoms with Gasteiger partial charge in [-0.1, -0.05) is 0 Å². The summed E-state index contributed by atoms with van der Waals surface area (Å²) in [5, 5.41) is 7.63. The minimum absolute atomic E-state index is 0.672. The number of rotatable bonds is 3. The molecule has 0 fully saturated rings. The van der Waals surface area contributed by atoms with Crippen molar-refractivity contribution < 1.29 is 0 Å². The Bertz CT molecular complexity index is 276. The Morgan fingerprint density at radius 3 is 3.09 bits per heavy atom. The van der Waals surface area contributed by atoms with E-state index in [0.29, 0.717) is 4.77 Å². The first-order chi connectivity index (χ1) is 5.29. The molecule has 62 valence electrons. The highest BCUT2D eigenvalue weighted by atomic mass is 32.2. The molecule has 0 saturated carbocycles. The highest BCUT2D eigenvalue weighted by Gasteiger charge is 2.02. The predicted molar refractivity (Wildman–Crippen MR) is 48.0 cm³/mol. The molecule has 0 bridgehead atoms. The van der Waals surface area contributed by atoms with Gasteiger partial charge in [-0.05, 0) is 38.1 Å². The summed E-state index contributed by atoms with van der Waals surface area (Å²) in [7, 11) is 1.85. The van der Waals surface area contributed by atoms with Crippen molar-refractivity contribution in [1.29, 1.82) is 0 Å². The summed E-state index contributed by atoms with van der Waals surface area (Å²) in [4.78, 5) is 0. The number of H-pyrrole nitrogens is 1. The van der Waals surface area contributed by atoms with Crippen LogP contribution < -0.4 is 4.72 Å². The number of nitrogens with zero attached hydrogens (tertiary/aromatic N) is 2. The van der Waals surface area contributed by atoms with E-state index in [-0.39, 0.29) is 0 Å². The van der Waals surface area contributed by atoms with E-state index < -0.39 is 0 Å². The van der Waals surface area contributed by atoms with Crippen molar-refractivity contribution in [1.82, 2.24) is 19.5 Å². The van der Waals surface area contributed by atoms with Crippen molar-refractivity contribution in [3.63, 3.8) is 0 Å². The highest BCUT2D eigenvalue weighted by molar-refractivity contribution is 7.97. The quantitative estimate of drug-likeness (QED) is 0.555. The van der Waals surface area contributed by atoms with Crippen molar-refractivity contribution in [2.75, 3.05) is 7.05 Å². The second kappa shape index (κ2) is 3.89. The van der Waals surface area contributed by atoms with Crippen LogP contribution in [0.5, 0.6) is 0 Å². The Morgan fingerprint density at radius 1 is 1.82 bits per heavy atom. The fourth-order valence-electron chi connectivity index (χ4n) is 0.751. The summed E-state index contributed by atoms with van der Waals surface area (Å²) in [5.41, 5.74) is 0. The van der Waals surface area contributed by atoms with Crippen molar-refractivity contribution in [2.24, 2.45) is 0 Å². The summed E-state index contributed by atoms with van der Waals surface area (Å²) in [6.45, 7) is 2.88. The van der Waals surface area contributed by atoms with E-state index in [4.69, 9.17) is 12.2 Å². The van der Waals surface area contributed by atoms with Gasteiger partial charge in [0.2, 0.25) is 5.16 Å². The van der Waals surface area contributed by atoms with Gasteiger partial charge >= 0.3 is 0 Å². The van der Waals surface area contributed by atoms with Crippen molar-refractivity contribution >= 4 is 24.2 Å². The maximum Gasteiger partial charge on any atom is 0.204 e. The van der Waals surface area contributed by atoms with Gasteiger partial charge in [0.05, 0.1) is 0 Å². The number of aromatic amines is 1. The van der Waals surface area contributed by atoms with Gasteiger partial charge in [-0.2, -0.15) is 0 Å². The Kier molecular flexibility index (Phi) is 3.10. The zero-order valence-corrected chi connectivity index (χ0v) is 8.05. The van der Waals surface area contributed by atoms with E-state index in [0.717, 1.165) is 11.7 Å². The fraction of sp³-hybridized carbons (Fsp3) is 0.600. The molecule has 1 rings (SSSR count). The van der Waals surface area contributed by atoms with Crippen LogP contribution in [0.3, 0.4) is 0 Å². The Labute approximate surface area is 74.5 Å². The van der Waals surface area contributed by atoms with E-state index in [9.17, 15) is 0 Å². The number of hydrogen-bond donors (Lipinski definition) is 2. The summed E-state index contributed by atoms with van der Waals surface area (Å²) in [5.74, 6) is 0. The van der Waals surface area contributed by atoms with Crippen LogP contribution in [0.1, 0.15) is 6.92 Å². The molecule has 0 aliphatic rings. The van der Waals surface area contributed by atoms with Crippen molar-refractivity contribution in [2.45, 2.75) is 18.6 Å². The van der Waals surface area contributed by atoms with Crippen LogP contribution in [0.4, 0.5) is 0 Å². The Morgan fingerprint density at radius 2 is 2.55 bits per heavy atom. The van der Waals surface area contributed by atoms with Crippen molar-refractivity contribution in [3.05, 3.63) is 4.77 Å². The third-order valence-electron chi connectivity index (χ3n) is 1.23. The van der Waals surface area contributed by atoms with Crippen LogP contribution in [0, 0.1) is 4.77 Å². The SMILES string of the molecule is CCn1c(SNC)n[nH]c1=S. The van der Waals surface area contributed by atoms with Crippen molar-refractivity contribution in [3.8, 4) is 0 Å². The molecule has 0 spiro atoms. The van der Waals surface area contributed by atoms with E-state index >= 15 is 0 Å². The van der Waals surface area contributed by atoms with Gasteiger partial charge in [0, 0.05) is 6.54 Å². The fourth-order valence-corrected chi connectivity index (χ4v) is 1.67. The third kappa shape index (κ3) is 1.82. The molecule has 11 heavy (non-hydrogen) atoms. The second-order valence-electron chi connectivity index (χ2n) is 1.86. The lowest BCUT2D eigenvalue weighted by Crippen LogP contribution is -2.00. The first-order valence-corrected chi connectivity index (χ1v) is 4.50. The molecule has 2 N–H and O–H groups in total. The number of aromatic nitrogens is 3. The summed E-state index contributed by atoms with van der Waals surface area (Å²) in [6.07, 6.45) is 0. The molecule has 0 saturated heterocycles. The molecule has 0 aliphatic carbocycles. The topological polar surface area (TPSA) is 45.6 Å². The maximum atomic E-state index is 4.99.